The second-order valence-corrected chi connectivity index (χ2v) is 5.43. The van der Waals surface area contributed by atoms with Crippen molar-refractivity contribution in [3.63, 3.8) is 0 Å². The van der Waals surface area contributed by atoms with E-state index in [2.05, 4.69) is 41.2 Å². The highest BCUT2D eigenvalue weighted by Crippen LogP contribution is 2.36. The molecule has 1 heterocycles. The molecule has 3 rings (SSSR count). The molecule has 1 aliphatic heterocycles. The third-order valence-electron chi connectivity index (χ3n) is 2.89. The summed E-state index contributed by atoms with van der Waals surface area (Å²) >= 11 is 1.78. The molecule has 0 unspecified atom stereocenters. The normalized spacial score (nSPS) is 12.5. The molecule has 0 amide bonds. The smallest absolute Gasteiger partial charge is 0.0777 e. The Morgan fingerprint density at radius 2 is 2.06 bits per heavy atom. The SMILES string of the molecule is C=c1ccc2c(c1)Sc1cc(CNC)ccc1N=2. The lowest BCUT2D eigenvalue weighted by Gasteiger charge is -2.13. The van der Waals surface area contributed by atoms with Gasteiger partial charge in [-0.2, -0.15) is 0 Å². The Hall–Kier alpha value is -1.58. The predicted molar refractivity (Wildman–Crippen MR) is 75.7 cm³/mol. The summed E-state index contributed by atoms with van der Waals surface area (Å²) in [6, 6.07) is 12.6. The summed E-state index contributed by atoms with van der Waals surface area (Å²) < 4.78 is 0. The Morgan fingerprint density at radius 3 is 2.89 bits per heavy atom. The van der Waals surface area contributed by atoms with Gasteiger partial charge in [0.2, 0.25) is 0 Å². The van der Waals surface area contributed by atoms with Crippen molar-refractivity contribution in [2.75, 3.05) is 7.05 Å². The van der Waals surface area contributed by atoms with Crippen molar-refractivity contribution in [2.24, 2.45) is 4.99 Å². The summed E-state index contributed by atoms with van der Waals surface area (Å²) in [5, 5.41) is 5.25. The number of rotatable bonds is 2. The van der Waals surface area contributed by atoms with E-state index in [1.54, 1.807) is 11.8 Å². The summed E-state index contributed by atoms with van der Waals surface area (Å²) in [6.45, 7) is 4.85. The summed E-state index contributed by atoms with van der Waals surface area (Å²) in [5.74, 6) is 0. The minimum absolute atomic E-state index is 0.885. The first-order valence-electron chi connectivity index (χ1n) is 5.89. The third kappa shape index (κ3) is 2.07. The standard InChI is InChI=1S/C15H14N2S/c1-10-3-5-12-14(7-10)18-15-8-11(9-16-2)4-6-13(15)17-12/h3-8,16H,1,9H2,2H3. The Morgan fingerprint density at radius 1 is 1.17 bits per heavy atom. The van der Waals surface area contributed by atoms with Crippen LogP contribution in [-0.4, -0.2) is 7.05 Å². The monoisotopic (exact) mass is 254 g/mol. The van der Waals surface area contributed by atoms with E-state index < -0.39 is 0 Å². The molecule has 0 bridgehead atoms. The topological polar surface area (TPSA) is 24.4 Å². The maximum atomic E-state index is 4.68. The van der Waals surface area contributed by atoms with E-state index in [4.69, 9.17) is 0 Å². The van der Waals surface area contributed by atoms with Crippen molar-refractivity contribution in [1.82, 2.24) is 5.32 Å². The van der Waals surface area contributed by atoms with Crippen LogP contribution in [0.25, 0.3) is 6.58 Å². The highest BCUT2D eigenvalue weighted by molar-refractivity contribution is 7.99. The van der Waals surface area contributed by atoms with Crippen molar-refractivity contribution in [1.29, 1.82) is 0 Å². The zero-order chi connectivity index (χ0) is 12.5. The molecule has 90 valence electrons. The van der Waals surface area contributed by atoms with Gasteiger partial charge in [-0.15, -0.1) is 0 Å². The van der Waals surface area contributed by atoms with Gasteiger partial charge in [-0.25, -0.2) is 4.99 Å². The van der Waals surface area contributed by atoms with Gasteiger partial charge in [0.1, 0.15) is 0 Å². The van der Waals surface area contributed by atoms with Crippen molar-refractivity contribution in [3.05, 3.63) is 52.5 Å². The van der Waals surface area contributed by atoms with Crippen LogP contribution in [0.4, 0.5) is 5.69 Å². The van der Waals surface area contributed by atoms with Gasteiger partial charge in [-0.05, 0) is 42.1 Å². The second kappa shape index (κ2) is 4.59. The van der Waals surface area contributed by atoms with E-state index in [0.717, 1.165) is 22.8 Å². The van der Waals surface area contributed by atoms with Crippen LogP contribution < -0.4 is 15.9 Å². The minimum atomic E-state index is 0.885. The van der Waals surface area contributed by atoms with Gasteiger partial charge >= 0.3 is 0 Å². The molecule has 2 aromatic rings. The zero-order valence-electron chi connectivity index (χ0n) is 10.2. The maximum Gasteiger partial charge on any atom is 0.0777 e. The Balaban J connectivity index is 2.12. The first kappa shape index (κ1) is 11.5. The summed E-state index contributed by atoms with van der Waals surface area (Å²) in [7, 11) is 1.96. The van der Waals surface area contributed by atoms with E-state index in [1.807, 2.05) is 19.2 Å². The van der Waals surface area contributed by atoms with Crippen LogP contribution >= 0.6 is 11.8 Å². The molecule has 0 aliphatic carbocycles. The van der Waals surface area contributed by atoms with E-state index in [0.29, 0.717) is 0 Å². The molecular formula is C15H14N2S. The third-order valence-corrected chi connectivity index (χ3v) is 3.98. The van der Waals surface area contributed by atoms with Gasteiger partial charge in [-0.3, -0.25) is 0 Å². The molecule has 0 atom stereocenters. The van der Waals surface area contributed by atoms with Crippen LogP contribution in [0.5, 0.6) is 0 Å². The first-order chi connectivity index (χ1) is 8.76. The molecule has 0 fully saturated rings. The van der Waals surface area contributed by atoms with Crippen LogP contribution in [-0.2, 0) is 6.54 Å². The number of hydrogen-bond acceptors (Lipinski definition) is 3. The quantitative estimate of drug-likeness (QED) is 0.758. The molecule has 1 N–H and O–H groups in total. The lowest BCUT2D eigenvalue weighted by molar-refractivity contribution is 0.815. The number of nitrogens with zero attached hydrogens (tertiary/aromatic N) is 1. The molecule has 0 aromatic heterocycles. The summed E-state index contributed by atoms with van der Waals surface area (Å²) in [4.78, 5) is 7.10. The first-order valence-corrected chi connectivity index (χ1v) is 6.71. The van der Waals surface area contributed by atoms with Crippen LogP contribution in [0, 0.1) is 0 Å². The second-order valence-electron chi connectivity index (χ2n) is 4.35. The number of nitrogens with one attached hydrogen (secondary N) is 1. The molecule has 0 spiro atoms. The molecular weight excluding hydrogens is 240 g/mol. The maximum absolute atomic E-state index is 4.68. The number of benzene rings is 2. The molecule has 2 aromatic carbocycles. The lowest BCUT2D eigenvalue weighted by Crippen LogP contribution is -2.12. The Labute approximate surface area is 110 Å². The van der Waals surface area contributed by atoms with Crippen LogP contribution in [0.15, 0.2) is 51.2 Å². The Kier molecular flexibility index (Phi) is 2.94. The van der Waals surface area contributed by atoms with Crippen LogP contribution in [0.2, 0.25) is 0 Å². The molecule has 0 radical (unpaired) electrons. The fourth-order valence-corrected chi connectivity index (χ4v) is 3.12. The average molecular weight is 254 g/mol. The molecule has 18 heavy (non-hydrogen) atoms. The predicted octanol–water partition coefficient (Wildman–Crippen LogP) is 2.23. The summed E-state index contributed by atoms with van der Waals surface area (Å²) in [6.07, 6.45) is 0. The van der Waals surface area contributed by atoms with Crippen molar-refractivity contribution >= 4 is 24.0 Å². The summed E-state index contributed by atoms with van der Waals surface area (Å²) in [5.41, 5.74) is 2.34. The van der Waals surface area contributed by atoms with Gasteiger partial charge in [0, 0.05) is 16.3 Å². The van der Waals surface area contributed by atoms with Gasteiger partial charge in [0.05, 0.1) is 11.0 Å². The number of hydrogen-bond donors (Lipinski definition) is 1. The molecule has 0 saturated heterocycles. The van der Waals surface area contributed by atoms with E-state index >= 15 is 0 Å². The van der Waals surface area contributed by atoms with Crippen molar-refractivity contribution < 1.29 is 0 Å². The molecule has 3 heteroatoms. The van der Waals surface area contributed by atoms with Gasteiger partial charge in [0.25, 0.3) is 0 Å². The van der Waals surface area contributed by atoms with Gasteiger partial charge < -0.3 is 5.32 Å². The van der Waals surface area contributed by atoms with E-state index in [1.165, 1.54) is 15.4 Å². The molecule has 2 nitrogen and oxygen atoms in total. The Bertz CT molecular complexity index is 707. The lowest BCUT2D eigenvalue weighted by atomic mass is 10.2. The minimum Gasteiger partial charge on any atom is -0.316 e. The van der Waals surface area contributed by atoms with Gasteiger partial charge in [0.15, 0.2) is 0 Å². The van der Waals surface area contributed by atoms with E-state index in [-0.39, 0.29) is 0 Å². The average Bonchev–Trinajstić information content (AvgIpc) is 2.36. The molecule has 0 saturated carbocycles. The number of fused-ring (bicyclic) bond motifs is 2. The van der Waals surface area contributed by atoms with Crippen LogP contribution in [0.1, 0.15) is 5.56 Å². The van der Waals surface area contributed by atoms with Crippen molar-refractivity contribution in [2.45, 2.75) is 16.3 Å². The zero-order valence-corrected chi connectivity index (χ0v) is 11.1. The largest absolute Gasteiger partial charge is 0.316 e. The van der Waals surface area contributed by atoms with Crippen LogP contribution in [0.3, 0.4) is 0 Å². The van der Waals surface area contributed by atoms with Crippen molar-refractivity contribution in [3.8, 4) is 0 Å². The fraction of sp³-hybridized carbons (Fsp3) is 0.133. The van der Waals surface area contributed by atoms with Gasteiger partial charge in [-0.1, -0.05) is 30.5 Å². The fourth-order valence-electron chi connectivity index (χ4n) is 2.03. The molecule has 1 aliphatic rings. The highest BCUT2D eigenvalue weighted by Gasteiger charge is 2.11. The highest BCUT2D eigenvalue weighted by atomic mass is 32.2. The van der Waals surface area contributed by atoms with E-state index in [9.17, 15) is 0 Å².